The molecule has 4 heteroatoms. The standard InChI is InChI=1S/C12H16Cl2N2/c1-9-7-15-5-6-16(9)8-10-11(13)3-2-4-12(10)14/h2-4,9,15H,5-8H2,1H3. The van der Waals surface area contributed by atoms with Gasteiger partial charge < -0.3 is 5.32 Å². The van der Waals surface area contributed by atoms with E-state index >= 15 is 0 Å². The van der Waals surface area contributed by atoms with Crippen molar-refractivity contribution in [2.75, 3.05) is 19.6 Å². The van der Waals surface area contributed by atoms with Crippen molar-refractivity contribution in [2.24, 2.45) is 0 Å². The van der Waals surface area contributed by atoms with Crippen molar-refractivity contribution in [1.29, 1.82) is 0 Å². The average molecular weight is 259 g/mol. The van der Waals surface area contributed by atoms with E-state index in [0.717, 1.165) is 41.8 Å². The zero-order chi connectivity index (χ0) is 11.5. The number of piperazine rings is 1. The number of rotatable bonds is 2. The molecule has 1 heterocycles. The van der Waals surface area contributed by atoms with Crippen molar-refractivity contribution in [3.63, 3.8) is 0 Å². The Balaban J connectivity index is 2.13. The molecular formula is C12H16Cl2N2. The molecule has 1 saturated heterocycles. The van der Waals surface area contributed by atoms with Crippen LogP contribution in [0.3, 0.4) is 0 Å². The summed E-state index contributed by atoms with van der Waals surface area (Å²) in [6, 6.07) is 6.21. The molecule has 1 atom stereocenters. The lowest BCUT2D eigenvalue weighted by molar-refractivity contribution is 0.166. The van der Waals surface area contributed by atoms with E-state index in [4.69, 9.17) is 23.2 Å². The van der Waals surface area contributed by atoms with Crippen LogP contribution >= 0.6 is 23.2 Å². The van der Waals surface area contributed by atoms with Crippen LogP contribution in [0.15, 0.2) is 18.2 Å². The molecule has 1 aromatic rings. The van der Waals surface area contributed by atoms with Crippen molar-refractivity contribution in [2.45, 2.75) is 19.5 Å². The molecular weight excluding hydrogens is 243 g/mol. The maximum Gasteiger partial charge on any atom is 0.0465 e. The Kier molecular flexibility index (Phi) is 4.09. The van der Waals surface area contributed by atoms with E-state index in [1.54, 1.807) is 0 Å². The van der Waals surface area contributed by atoms with Gasteiger partial charge in [-0.2, -0.15) is 0 Å². The summed E-state index contributed by atoms with van der Waals surface area (Å²) in [7, 11) is 0. The Morgan fingerprint density at radius 2 is 2.06 bits per heavy atom. The molecule has 2 rings (SSSR count). The van der Waals surface area contributed by atoms with Crippen LogP contribution in [0.5, 0.6) is 0 Å². The lowest BCUT2D eigenvalue weighted by atomic mass is 10.1. The second kappa shape index (κ2) is 5.37. The van der Waals surface area contributed by atoms with Crippen LogP contribution in [0.1, 0.15) is 12.5 Å². The minimum absolute atomic E-state index is 0.529. The van der Waals surface area contributed by atoms with Gasteiger partial charge in [0.2, 0.25) is 0 Å². The van der Waals surface area contributed by atoms with Gasteiger partial charge in [-0.1, -0.05) is 29.3 Å². The fourth-order valence-electron chi connectivity index (χ4n) is 2.00. The van der Waals surface area contributed by atoms with Crippen molar-refractivity contribution in [3.8, 4) is 0 Å². The minimum atomic E-state index is 0.529. The van der Waals surface area contributed by atoms with Crippen molar-refractivity contribution >= 4 is 23.2 Å². The van der Waals surface area contributed by atoms with E-state index in [-0.39, 0.29) is 0 Å². The summed E-state index contributed by atoms with van der Waals surface area (Å²) in [5.41, 5.74) is 1.04. The summed E-state index contributed by atoms with van der Waals surface area (Å²) in [6.45, 7) is 6.16. The second-order valence-electron chi connectivity index (χ2n) is 4.22. The molecule has 0 bridgehead atoms. The van der Waals surface area contributed by atoms with Crippen LogP contribution in [0.4, 0.5) is 0 Å². The predicted octanol–water partition coefficient (Wildman–Crippen LogP) is 2.79. The van der Waals surface area contributed by atoms with Crippen LogP contribution in [-0.4, -0.2) is 30.6 Å². The number of hydrogen-bond acceptors (Lipinski definition) is 2. The SMILES string of the molecule is CC1CNCCN1Cc1c(Cl)cccc1Cl. The molecule has 1 unspecified atom stereocenters. The van der Waals surface area contributed by atoms with Crippen LogP contribution in [0.2, 0.25) is 10.0 Å². The molecule has 88 valence electrons. The Morgan fingerprint density at radius 3 is 2.69 bits per heavy atom. The van der Waals surface area contributed by atoms with Crippen molar-refractivity contribution in [1.82, 2.24) is 10.2 Å². The van der Waals surface area contributed by atoms with Crippen LogP contribution in [-0.2, 0) is 6.54 Å². The van der Waals surface area contributed by atoms with Gasteiger partial charge in [0.25, 0.3) is 0 Å². The second-order valence-corrected chi connectivity index (χ2v) is 5.04. The third kappa shape index (κ3) is 2.69. The highest BCUT2D eigenvalue weighted by molar-refractivity contribution is 6.35. The summed E-state index contributed by atoms with van der Waals surface area (Å²) >= 11 is 12.3. The number of nitrogens with zero attached hydrogens (tertiary/aromatic N) is 1. The quantitative estimate of drug-likeness (QED) is 0.878. The molecule has 0 amide bonds. The number of hydrogen-bond donors (Lipinski definition) is 1. The molecule has 0 spiro atoms. The van der Waals surface area contributed by atoms with E-state index < -0.39 is 0 Å². The van der Waals surface area contributed by atoms with Gasteiger partial charge >= 0.3 is 0 Å². The van der Waals surface area contributed by atoms with Crippen molar-refractivity contribution < 1.29 is 0 Å². The highest BCUT2D eigenvalue weighted by Gasteiger charge is 2.19. The zero-order valence-corrected chi connectivity index (χ0v) is 10.9. The smallest absolute Gasteiger partial charge is 0.0465 e. The van der Waals surface area contributed by atoms with Gasteiger partial charge in [-0.3, -0.25) is 4.90 Å². The van der Waals surface area contributed by atoms with E-state index in [1.165, 1.54) is 0 Å². The molecule has 1 aromatic carbocycles. The van der Waals surface area contributed by atoms with Gasteiger partial charge in [0.05, 0.1) is 0 Å². The first-order valence-electron chi connectivity index (χ1n) is 5.56. The van der Waals surface area contributed by atoms with E-state index in [9.17, 15) is 0 Å². The lowest BCUT2D eigenvalue weighted by Crippen LogP contribution is -2.49. The maximum atomic E-state index is 6.17. The molecule has 16 heavy (non-hydrogen) atoms. The first-order valence-corrected chi connectivity index (χ1v) is 6.31. The minimum Gasteiger partial charge on any atom is -0.314 e. The van der Waals surface area contributed by atoms with Gasteiger partial charge in [0.1, 0.15) is 0 Å². The average Bonchev–Trinajstić information content (AvgIpc) is 2.26. The molecule has 1 fully saturated rings. The Morgan fingerprint density at radius 1 is 1.38 bits per heavy atom. The fourth-order valence-corrected chi connectivity index (χ4v) is 2.52. The Hall–Kier alpha value is -0.280. The van der Waals surface area contributed by atoms with E-state index in [0.29, 0.717) is 6.04 Å². The van der Waals surface area contributed by atoms with Gasteiger partial charge in [-0.25, -0.2) is 0 Å². The predicted molar refractivity (Wildman–Crippen MR) is 69.2 cm³/mol. The Bertz CT molecular complexity index is 348. The first kappa shape index (κ1) is 12.2. The van der Waals surface area contributed by atoms with Crippen LogP contribution in [0.25, 0.3) is 0 Å². The summed E-state index contributed by atoms with van der Waals surface area (Å²) < 4.78 is 0. The largest absolute Gasteiger partial charge is 0.314 e. The number of halogens is 2. The molecule has 0 aliphatic carbocycles. The summed E-state index contributed by atoms with van der Waals surface area (Å²) in [6.07, 6.45) is 0. The van der Waals surface area contributed by atoms with Crippen molar-refractivity contribution in [3.05, 3.63) is 33.8 Å². The summed E-state index contributed by atoms with van der Waals surface area (Å²) in [4.78, 5) is 2.41. The van der Waals surface area contributed by atoms with Gasteiger partial charge in [-0.05, 0) is 19.1 Å². The first-order chi connectivity index (χ1) is 7.68. The molecule has 1 N–H and O–H groups in total. The maximum absolute atomic E-state index is 6.17. The summed E-state index contributed by atoms with van der Waals surface area (Å²) in [5, 5.41) is 4.90. The van der Waals surface area contributed by atoms with Gasteiger partial charge in [0, 0.05) is 47.8 Å². The highest BCUT2D eigenvalue weighted by atomic mass is 35.5. The zero-order valence-electron chi connectivity index (χ0n) is 9.34. The number of benzene rings is 1. The molecule has 2 nitrogen and oxygen atoms in total. The molecule has 1 aliphatic rings. The van der Waals surface area contributed by atoms with Gasteiger partial charge in [-0.15, -0.1) is 0 Å². The van der Waals surface area contributed by atoms with E-state index in [1.807, 2.05) is 18.2 Å². The number of nitrogens with one attached hydrogen (secondary N) is 1. The molecule has 0 saturated carbocycles. The van der Waals surface area contributed by atoms with Gasteiger partial charge in [0.15, 0.2) is 0 Å². The monoisotopic (exact) mass is 258 g/mol. The third-order valence-electron chi connectivity index (χ3n) is 3.06. The third-order valence-corrected chi connectivity index (χ3v) is 3.77. The lowest BCUT2D eigenvalue weighted by Gasteiger charge is -2.34. The van der Waals surface area contributed by atoms with E-state index in [2.05, 4.69) is 17.1 Å². The summed E-state index contributed by atoms with van der Waals surface area (Å²) in [5.74, 6) is 0. The highest BCUT2D eigenvalue weighted by Crippen LogP contribution is 2.26. The fraction of sp³-hybridized carbons (Fsp3) is 0.500. The normalized spacial score (nSPS) is 22.3. The molecule has 1 aliphatic heterocycles. The molecule has 0 aromatic heterocycles. The Labute approximate surface area is 107 Å². The molecule has 0 radical (unpaired) electrons. The topological polar surface area (TPSA) is 15.3 Å². The van der Waals surface area contributed by atoms with Crippen LogP contribution in [0, 0.1) is 0 Å². The van der Waals surface area contributed by atoms with Crippen LogP contribution < -0.4 is 5.32 Å².